The van der Waals surface area contributed by atoms with Gasteiger partial charge in [-0.05, 0) is 23.8 Å². The number of aromatic nitrogens is 2. The number of carbonyl (C=O) groups is 1. The van der Waals surface area contributed by atoms with Crippen molar-refractivity contribution in [1.82, 2.24) is 14.7 Å². The molecule has 1 aliphatic rings. The van der Waals surface area contributed by atoms with Gasteiger partial charge in [-0.15, -0.1) is 0 Å². The number of hydrogen-bond donors (Lipinski definition) is 0. The van der Waals surface area contributed by atoms with Crippen LogP contribution < -0.4 is 5.56 Å². The zero-order chi connectivity index (χ0) is 18.8. The maximum Gasteiger partial charge on any atom is 0.275 e. The summed E-state index contributed by atoms with van der Waals surface area (Å²) >= 11 is 0. The van der Waals surface area contributed by atoms with Crippen LogP contribution in [-0.4, -0.2) is 40.3 Å². The molecule has 1 aromatic heterocycles. The minimum atomic E-state index is -0.316. The minimum Gasteiger partial charge on any atom is -0.370 e. The maximum atomic E-state index is 13.1. The first-order valence-corrected chi connectivity index (χ1v) is 8.71. The van der Waals surface area contributed by atoms with Crippen molar-refractivity contribution in [2.75, 3.05) is 19.7 Å². The summed E-state index contributed by atoms with van der Waals surface area (Å²) in [6.07, 6.45) is 1.27. The van der Waals surface area contributed by atoms with E-state index in [1.165, 1.54) is 16.8 Å². The van der Waals surface area contributed by atoms with E-state index in [-0.39, 0.29) is 29.9 Å². The second-order valence-electron chi connectivity index (χ2n) is 6.45. The molecule has 0 spiro atoms. The predicted octanol–water partition coefficient (Wildman–Crippen LogP) is 2.14. The molecular formula is C20H18FN3O3. The summed E-state index contributed by atoms with van der Waals surface area (Å²) < 4.78 is 20.0. The average molecular weight is 367 g/mol. The van der Waals surface area contributed by atoms with Crippen molar-refractivity contribution >= 4 is 16.7 Å². The number of halogens is 1. The molecule has 2 aromatic carbocycles. The molecule has 0 radical (unpaired) electrons. The second-order valence-corrected chi connectivity index (χ2v) is 6.45. The molecule has 1 saturated heterocycles. The molecule has 1 atom stereocenters. The lowest BCUT2D eigenvalue weighted by molar-refractivity contribution is -0.139. The molecule has 6 nitrogen and oxygen atoms in total. The predicted molar refractivity (Wildman–Crippen MR) is 97.7 cm³/mol. The summed E-state index contributed by atoms with van der Waals surface area (Å²) in [5.74, 6) is -0.514. The molecule has 0 aliphatic carbocycles. The number of hydrogen-bond acceptors (Lipinski definition) is 4. The number of rotatable bonds is 3. The van der Waals surface area contributed by atoms with Gasteiger partial charge in [-0.2, -0.15) is 5.10 Å². The Morgan fingerprint density at radius 2 is 1.96 bits per heavy atom. The van der Waals surface area contributed by atoms with Gasteiger partial charge >= 0.3 is 0 Å². The van der Waals surface area contributed by atoms with Crippen molar-refractivity contribution in [3.63, 3.8) is 0 Å². The van der Waals surface area contributed by atoms with Gasteiger partial charge in [0, 0.05) is 11.9 Å². The molecule has 0 unspecified atom stereocenters. The normalized spacial score (nSPS) is 17.2. The Morgan fingerprint density at radius 3 is 2.78 bits per heavy atom. The Hall–Kier alpha value is -3.06. The molecule has 138 valence electrons. The Bertz CT molecular complexity index is 1030. The fourth-order valence-electron chi connectivity index (χ4n) is 3.22. The fraction of sp³-hybridized carbons (Fsp3) is 0.250. The topological polar surface area (TPSA) is 64.4 Å². The highest BCUT2D eigenvalue weighted by Crippen LogP contribution is 2.22. The molecule has 1 amide bonds. The molecule has 2 heterocycles. The number of ether oxygens (including phenoxy) is 1. The molecule has 27 heavy (non-hydrogen) atoms. The van der Waals surface area contributed by atoms with Gasteiger partial charge in [0.2, 0.25) is 5.91 Å². The van der Waals surface area contributed by atoms with Crippen LogP contribution in [0.15, 0.2) is 59.5 Å². The maximum absolute atomic E-state index is 13.1. The Kier molecular flexibility index (Phi) is 4.68. The zero-order valence-corrected chi connectivity index (χ0v) is 14.5. The van der Waals surface area contributed by atoms with E-state index >= 15 is 0 Å². The van der Waals surface area contributed by atoms with Crippen LogP contribution >= 0.6 is 0 Å². The van der Waals surface area contributed by atoms with E-state index in [1.54, 1.807) is 35.4 Å². The molecule has 3 aromatic rings. The van der Waals surface area contributed by atoms with Crippen LogP contribution in [0.1, 0.15) is 11.7 Å². The van der Waals surface area contributed by atoms with E-state index in [0.717, 1.165) is 10.9 Å². The molecule has 0 saturated carbocycles. The van der Waals surface area contributed by atoms with Gasteiger partial charge in [0.25, 0.3) is 5.56 Å². The van der Waals surface area contributed by atoms with E-state index < -0.39 is 0 Å². The number of amides is 1. The highest BCUT2D eigenvalue weighted by atomic mass is 19.1. The van der Waals surface area contributed by atoms with Crippen LogP contribution in [0.5, 0.6) is 0 Å². The molecule has 0 N–H and O–H groups in total. The number of carbonyl (C=O) groups excluding carboxylic acids is 1. The lowest BCUT2D eigenvalue weighted by Crippen LogP contribution is -2.44. The lowest BCUT2D eigenvalue weighted by Gasteiger charge is -2.33. The smallest absolute Gasteiger partial charge is 0.275 e. The second kappa shape index (κ2) is 7.28. The molecular weight excluding hydrogens is 349 g/mol. The third-order valence-electron chi connectivity index (χ3n) is 4.71. The quantitative estimate of drug-likeness (QED) is 0.712. The lowest BCUT2D eigenvalue weighted by atomic mass is 10.1. The molecule has 0 bridgehead atoms. The van der Waals surface area contributed by atoms with Crippen LogP contribution in [0.2, 0.25) is 0 Å². The van der Waals surface area contributed by atoms with Crippen molar-refractivity contribution in [3.8, 4) is 0 Å². The summed E-state index contributed by atoms with van der Waals surface area (Å²) in [6, 6.07) is 13.2. The fourth-order valence-corrected chi connectivity index (χ4v) is 3.22. The van der Waals surface area contributed by atoms with Crippen molar-refractivity contribution in [2.45, 2.75) is 12.6 Å². The number of morpholine rings is 1. The van der Waals surface area contributed by atoms with Crippen LogP contribution in [0, 0.1) is 5.82 Å². The third kappa shape index (κ3) is 3.59. The monoisotopic (exact) mass is 367 g/mol. The van der Waals surface area contributed by atoms with Crippen molar-refractivity contribution < 1.29 is 13.9 Å². The highest BCUT2D eigenvalue weighted by Gasteiger charge is 2.26. The first-order valence-electron chi connectivity index (χ1n) is 8.71. The minimum absolute atomic E-state index is 0.125. The van der Waals surface area contributed by atoms with E-state index in [4.69, 9.17) is 4.74 Å². The van der Waals surface area contributed by atoms with E-state index in [2.05, 4.69) is 5.10 Å². The van der Waals surface area contributed by atoms with Crippen LogP contribution in [0.4, 0.5) is 4.39 Å². The Labute approximate surface area is 154 Å². The van der Waals surface area contributed by atoms with Gasteiger partial charge in [0.05, 0.1) is 24.7 Å². The number of nitrogens with zero attached hydrogens (tertiary/aromatic N) is 3. The highest BCUT2D eigenvalue weighted by molar-refractivity contribution is 5.81. The Balaban J connectivity index is 1.50. The van der Waals surface area contributed by atoms with Gasteiger partial charge in [-0.25, -0.2) is 9.07 Å². The largest absolute Gasteiger partial charge is 0.370 e. The SMILES string of the molecule is O=C(Cn1ncc2ccccc2c1=O)N1CCO[C@@H](c2ccc(F)cc2)C1. The first kappa shape index (κ1) is 17.4. The van der Waals surface area contributed by atoms with Crippen molar-refractivity contribution in [2.24, 2.45) is 0 Å². The van der Waals surface area contributed by atoms with Crippen LogP contribution in [0.25, 0.3) is 10.8 Å². The summed E-state index contributed by atoms with van der Waals surface area (Å²) in [6.45, 7) is 1.05. The van der Waals surface area contributed by atoms with Crippen molar-refractivity contribution in [1.29, 1.82) is 0 Å². The molecule has 1 fully saturated rings. The molecule has 1 aliphatic heterocycles. The van der Waals surface area contributed by atoms with E-state index in [1.807, 2.05) is 12.1 Å². The van der Waals surface area contributed by atoms with Crippen LogP contribution in [0.3, 0.4) is 0 Å². The van der Waals surface area contributed by atoms with E-state index in [0.29, 0.717) is 25.1 Å². The average Bonchev–Trinajstić information content (AvgIpc) is 2.71. The van der Waals surface area contributed by atoms with Gasteiger partial charge in [-0.3, -0.25) is 9.59 Å². The summed E-state index contributed by atoms with van der Waals surface area (Å²) in [5.41, 5.74) is 0.527. The first-order chi connectivity index (χ1) is 13.1. The number of benzene rings is 2. The van der Waals surface area contributed by atoms with Gasteiger partial charge in [0.15, 0.2) is 0 Å². The summed E-state index contributed by atoms with van der Waals surface area (Å²) in [7, 11) is 0. The zero-order valence-electron chi connectivity index (χ0n) is 14.5. The van der Waals surface area contributed by atoms with Crippen LogP contribution in [-0.2, 0) is 16.1 Å². The molecule has 4 rings (SSSR count). The summed E-state index contributed by atoms with van der Waals surface area (Å²) in [5, 5.41) is 5.39. The Morgan fingerprint density at radius 1 is 1.19 bits per heavy atom. The van der Waals surface area contributed by atoms with Gasteiger partial charge in [-0.1, -0.05) is 30.3 Å². The summed E-state index contributed by atoms with van der Waals surface area (Å²) in [4.78, 5) is 26.9. The third-order valence-corrected chi connectivity index (χ3v) is 4.71. The standard InChI is InChI=1S/C20H18FN3O3/c21-16-7-5-14(6-8-16)18-12-23(9-10-27-18)19(25)13-24-20(26)17-4-2-1-3-15(17)11-22-24/h1-8,11,18H,9-10,12-13H2/t18-/m1/s1. The molecule has 7 heteroatoms. The number of fused-ring (bicyclic) bond motifs is 1. The van der Waals surface area contributed by atoms with E-state index in [9.17, 15) is 14.0 Å². The van der Waals surface area contributed by atoms with Gasteiger partial charge < -0.3 is 9.64 Å². The van der Waals surface area contributed by atoms with Gasteiger partial charge in [0.1, 0.15) is 18.5 Å². The van der Waals surface area contributed by atoms with Crippen molar-refractivity contribution in [3.05, 3.63) is 76.5 Å².